The van der Waals surface area contributed by atoms with E-state index in [-0.39, 0.29) is 6.04 Å². The first-order valence-electron chi connectivity index (χ1n) is 7.53. The standard InChI is InChI=1S/C19H24ClN/c1-13(2)11-15-6-9-16(10-7-15)19(21-4)17-8-5-14(3)18(20)12-17/h5-10,12-13,19,21H,11H2,1-4H3. The predicted molar refractivity (Wildman–Crippen MR) is 92.1 cm³/mol. The van der Waals surface area contributed by atoms with E-state index in [1.807, 2.05) is 14.0 Å². The lowest BCUT2D eigenvalue weighted by Gasteiger charge is -2.18. The molecule has 2 heteroatoms. The van der Waals surface area contributed by atoms with Gasteiger partial charge < -0.3 is 5.32 Å². The summed E-state index contributed by atoms with van der Waals surface area (Å²) in [5.41, 5.74) is 4.97. The molecule has 0 amide bonds. The topological polar surface area (TPSA) is 12.0 Å². The van der Waals surface area contributed by atoms with Crippen molar-refractivity contribution < 1.29 is 0 Å². The molecule has 2 aromatic carbocycles. The summed E-state index contributed by atoms with van der Waals surface area (Å²) >= 11 is 6.26. The lowest BCUT2D eigenvalue weighted by atomic mass is 9.95. The van der Waals surface area contributed by atoms with Crippen molar-refractivity contribution in [1.29, 1.82) is 0 Å². The Kier molecular flexibility index (Phi) is 5.44. The number of halogens is 1. The van der Waals surface area contributed by atoms with E-state index in [1.165, 1.54) is 16.7 Å². The molecule has 0 aliphatic heterocycles. The van der Waals surface area contributed by atoms with Gasteiger partial charge in [0.05, 0.1) is 6.04 Å². The summed E-state index contributed by atoms with van der Waals surface area (Å²) in [7, 11) is 1.99. The van der Waals surface area contributed by atoms with Crippen LogP contribution in [0.2, 0.25) is 5.02 Å². The molecule has 0 heterocycles. The third-order valence-electron chi connectivity index (χ3n) is 3.77. The van der Waals surface area contributed by atoms with Gasteiger partial charge in [-0.15, -0.1) is 0 Å². The van der Waals surface area contributed by atoms with Gasteiger partial charge in [-0.3, -0.25) is 0 Å². The highest BCUT2D eigenvalue weighted by Gasteiger charge is 2.13. The van der Waals surface area contributed by atoms with Gasteiger partial charge in [-0.25, -0.2) is 0 Å². The molecule has 0 aliphatic carbocycles. The van der Waals surface area contributed by atoms with Crippen LogP contribution in [0, 0.1) is 12.8 Å². The Labute approximate surface area is 133 Å². The molecule has 0 aliphatic rings. The van der Waals surface area contributed by atoms with Gasteiger partial charge in [0, 0.05) is 5.02 Å². The molecule has 2 rings (SSSR count). The first kappa shape index (κ1) is 16.1. The lowest BCUT2D eigenvalue weighted by Crippen LogP contribution is -2.17. The van der Waals surface area contributed by atoms with Crippen LogP contribution in [0.4, 0.5) is 0 Å². The summed E-state index contributed by atoms with van der Waals surface area (Å²) in [6, 6.07) is 15.3. The molecular formula is C19H24ClN. The van der Waals surface area contributed by atoms with Crippen LogP contribution in [0.15, 0.2) is 42.5 Å². The Hall–Kier alpha value is -1.31. The fraction of sp³-hybridized carbons (Fsp3) is 0.368. The van der Waals surface area contributed by atoms with Crippen molar-refractivity contribution in [3.05, 3.63) is 69.7 Å². The number of hydrogen-bond acceptors (Lipinski definition) is 1. The average molecular weight is 302 g/mol. The van der Waals surface area contributed by atoms with E-state index in [4.69, 9.17) is 11.6 Å². The Morgan fingerprint density at radius 2 is 1.62 bits per heavy atom. The molecule has 112 valence electrons. The Morgan fingerprint density at radius 3 is 2.14 bits per heavy atom. The molecule has 0 spiro atoms. The van der Waals surface area contributed by atoms with Crippen molar-refractivity contribution in [3.8, 4) is 0 Å². The van der Waals surface area contributed by atoms with Crippen LogP contribution in [0.5, 0.6) is 0 Å². The van der Waals surface area contributed by atoms with Crippen molar-refractivity contribution in [2.75, 3.05) is 7.05 Å². The fourth-order valence-electron chi connectivity index (χ4n) is 2.63. The van der Waals surface area contributed by atoms with Crippen molar-refractivity contribution in [2.24, 2.45) is 5.92 Å². The van der Waals surface area contributed by atoms with Crippen molar-refractivity contribution in [1.82, 2.24) is 5.32 Å². The SMILES string of the molecule is CNC(c1ccc(CC(C)C)cc1)c1ccc(C)c(Cl)c1. The first-order valence-corrected chi connectivity index (χ1v) is 7.91. The molecule has 0 saturated heterocycles. The van der Waals surface area contributed by atoms with Gasteiger partial charge in [0.2, 0.25) is 0 Å². The molecule has 21 heavy (non-hydrogen) atoms. The van der Waals surface area contributed by atoms with E-state index in [2.05, 4.69) is 61.6 Å². The first-order chi connectivity index (χ1) is 10.0. The number of hydrogen-bond donors (Lipinski definition) is 1. The third kappa shape index (κ3) is 4.09. The second-order valence-electron chi connectivity index (χ2n) is 6.07. The van der Waals surface area contributed by atoms with Crippen LogP contribution in [0.1, 0.15) is 42.1 Å². The molecule has 1 nitrogen and oxygen atoms in total. The van der Waals surface area contributed by atoms with Gasteiger partial charge in [0.25, 0.3) is 0 Å². The summed E-state index contributed by atoms with van der Waals surface area (Å²) in [6.45, 7) is 6.53. The van der Waals surface area contributed by atoms with Crippen LogP contribution in [0.25, 0.3) is 0 Å². The van der Waals surface area contributed by atoms with Crippen LogP contribution in [-0.4, -0.2) is 7.05 Å². The molecule has 2 aromatic rings. The molecule has 1 N–H and O–H groups in total. The van der Waals surface area contributed by atoms with E-state index >= 15 is 0 Å². The summed E-state index contributed by atoms with van der Waals surface area (Å²) in [5, 5.41) is 4.21. The van der Waals surface area contributed by atoms with E-state index in [0.717, 1.165) is 17.0 Å². The monoisotopic (exact) mass is 301 g/mol. The lowest BCUT2D eigenvalue weighted by molar-refractivity contribution is 0.645. The van der Waals surface area contributed by atoms with Crippen LogP contribution >= 0.6 is 11.6 Å². The molecule has 0 saturated carbocycles. The van der Waals surface area contributed by atoms with E-state index in [1.54, 1.807) is 0 Å². The highest BCUT2D eigenvalue weighted by atomic mass is 35.5. The second kappa shape index (κ2) is 7.11. The Bertz CT molecular complexity index is 587. The van der Waals surface area contributed by atoms with Gasteiger partial charge in [-0.1, -0.05) is 61.8 Å². The predicted octanol–water partition coefficient (Wildman–Crippen LogP) is 5.16. The molecule has 0 aromatic heterocycles. The fourth-order valence-corrected chi connectivity index (χ4v) is 2.82. The number of nitrogens with one attached hydrogen (secondary N) is 1. The highest BCUT2D eigenvalue weighted by Crippen LogP contribution is 2.26. The number of aryl methyl sites for hydroxylation is 1. The number of rotatable bonds is 5. The Morgan fingerprint density at radius 1 is 1.00 bits per heavy atom. The summed E-state index contributed by atoms with van der Waals surface area (Å²) < 4.78 is 0. The van der Waals surface area contributed by atoms with Crippen molar-refractivity contribution >= 4 is 11.6 Å². The summed E-state index contributed by atoms with van der Waals surface area (Å²) in [4.78, 5) is 0. The smallest absolute Gasteiger partial charge is 0.0574 e. The van der Waals surface area contributed by atoms with Crippen molar-refractivity contribution in [3.63, 3.8) is 0 Å². The minimum Gasteiger partial charge on any atom is -0.309 e. The largest absolute Gasteiger partial charge is 0.309 e. The quantitative estimate of drug-likeness (QED) is 0.804. The van der Waals surface area contributed by atoms with Gasteiger partial charge in [-0.05, 0) is 54.6 Å². The third-order valence-corrected chi connectivity index (χ3v) is 4.18. The van der Waals surface area contributed by atoms with E-state index in [9.17, 15) is 0 Å². The van der Waals surface area contributed by atoms with Gasteiger partial charge in [0.1, 0.15) is 0 Å². The zero-order chi connectivity index (χ0) is 15.4. The van der Waals surface area contributed by atoms with Crippen molar-refractivity contribution in [2.45, 2.75) is 33.2 Å². The minimum atomic E-state index is 0.177. The van der Waals surface area contributed by atoms with Crippen LogP contribution in [-0.2, 0) is 6.42 Å². The minimum absolute atomic E-state index is 0.177. The van der Waals surface area contributed by atoms with Gasteiger partial charge in [0.15, 0.2) is 0 Å². The normalized spacial score (nSPS) is 12.7. The average Bonchev–Trinajstić information content (AvgIpc) is 2.45. The van der Waals surface area contributed by atoms with Gasteiger partial charge in [-0.2, -0.15) is 0 Å². The van der Waals surface area contributed by atoms with E-state index < -0.39 is 0 Å². The number of benzene rings is 2. The highest BCUT2D eigenvalue weighted by molar-refractivity contribution is 6.31. The molecule has 0 fully saturated rings. The maximum Gasteiger partial charge on any atom is 0.0574 e. The molecule has 0 radical (unpaired) electrons. The summed E-state index contributed by atoms with van der Waals surface area (Å²) in [6.07, 6.45) is 1.13. The Balaban J connectivity index is 2.26. The van der Waals surface area contributed by atoms with Crippen LogP contribution in [0.3, 0.4) is 0 Å². The summed E-state index contributed by atoms with van der Waals surface area (Å²) in [5.74, 6) is 0.687. The zero-order valence-corrected chi connectivity index (χ0v) is 14.0. The van der Waals surface area contributed by atoms with Crippen LogP contribution < -0.4 is 5.32 Å². The maximum atomic E-state index is 6.26. The van der Waals surface area contributed by atoms with Gasteiger partial charge >= 0.3 is 0 Å². The second-order valence-corrected chi connectivity index (χ2v) is 6.48. The molecule has 1 unspecified atom stereocenters. The molecule has 1 atom stereocenters. The molecular weight excluding hydrogens is 278 g/mol. The maximum absolute atomic E-state index is 6.26. The zero-order valence-electron chi connectivity index (χ0n) is 13.3. The van der Waals surface area contributed by atoms with E-state index in [0.29, 0.717) is 5.92 Å². The molecule has 0 bridgehead atoms.